The van der Waals surface area contributed by atoms with Crippen LogP contribution in [0.2, 0.25) is 0 Å². The number of hydrazone groups is 1. The maximum atomic E-state index is 13.0. The molecule has 34 heavy (non-hydrogen) atoms. The number of allylic oxidation sites excluding steroid dienone is 2. The number of para-hydroxylation sites is 1. The van der Waals surface area contributed by atoms with Gasteiger partial charge in [0.25, 0.3) is 11.8 Å². The largest absolute Gasteiger partial charge is 0.342 e. The molecule has 0 unspecified atom stereocenters. The molecular weight excluding hydrogens is 422 g/mol. The molecule has 4 atom stereocenters. The lowest BCUT2D eigenvalue weighted by atomic mass is 9.85. The van der Waals surface area contributed by atoms with E-state index in [0.29, 0.717) is 0 Å². The molecule has 7 rings (SSSR count). The number of nitrogens with zero attached hydrogens (tertiary/aromatic N) is 3. The van der Waals surface area contributed by atoms with E-state index in [2.05, 4.69) is 82.6 Å². The minimum atomic E-state index is -0.229. The first-order chi connectivity index (χ1) is 16.7. The zero-order chi connectivity index (χ0) is 22.8. The van der Waals surface area contributed by atoms with Crippen LogP contribution < -0.4 is 0 Å². The summed E-state index contributed by atoms with van der Waals surface area (Å²) in [6.07, 6.45) is 8.86. The predicted molar refractivity (Wildman–Crippen MR) is 132 cm³/mol. The molecule has 3 aromatic carbocycles. The van der Waals surface area contributed by atoms with Crippen LogP contribution in [0.25, 0.3) is 21.7 Å². The molecule has 1 saturated carbocycles. The van der Waals surface area contributed by atoms with Crippen molar-refractivity contribution >= 4 is 39.7 Å². The van der Waals surface area contributed by atoms with Gasteiger partial charge in [-0.1, -0.05) is 72.8 Å². The third-order valence-corrected chi connectivity index (χ3v) is 7.80. The summed E-state index contributed by atoms with van der Waals surface area (Å²) < 4.78 is 2.21. The summed E-state index contributed by atoms with van der Waals surface area (Å²) in [6.45, 7) is 0.719. The molecule has 2 heterocycles. The lowest BCUT2D eigenvalue weighted by Crippen LogP contribution is -2.28. The van der Waals surface area contributed by atoms with Crippen LogP contribution in [0, 0.1) is 23.7 Å². The highest BCUT2D eigenvalue weighted by Crippen LogP contribution is 2.52. The fourth-order valence-corrected chi connectivity index (χ4v) is 6.24. The first-order valence-corrected chi connectivity index (χ1v) is 11.8. The predicted octanol–water partition coefficient (Wildman–Crippen LogP) is 4.98. The zero-order valence-electron chi connectivity index (χ0n) is 18.5. The van der Waals surface area contributed by atoms with Crippen LogP contribution in [-0.4, -0.2) is 27.6 Å². The molecule has 2 bridgehead atoms. The fourth-order valence-electron chi connectivity index (χ4n) is 6.24. The van der Waals surface area contributed by atoms with Gasteiger partial charge >= 0.3 is 0 Å². The van der Waals surface area contributed by atoms with Crippen molar-refractivity contribution in [3.05, 3.63) is 96.2 Å². The Kier molecular flexibility index (Phi) is 4.16. The number of carbonyl (C=O) groups is 2. The summed E-state index contributed by atoms with van der Waals surface area (Å²) in [5, 5.41) is 9.05. The van der Waals surface area contributed by atoms with E-state index in [9.17, 15) is 9.59 Å². The van der Waals surface area contributed by atoms with Gasteiger partial charge < -0.3 is 4.57 Å². The first-order valence-electron chi connectivity index (χ1n) is 11.8. The minimum absolute atomic E-state index is 0.150. The monoisotopic (exact) mass is 445 g/mol. The summed E-state index contributed by atoms with van der Waals surface area (Å²) in [5.74, 6) is -0.381. The zero-order valence-corrected chi connectivity index (χ0v) is 18.5. The van der Waals surface area contributed by atoms with E-state index >= 15 is 0 Å². The Morgan fingerprint density at radius 3 is 2.29 bits per heavy atom. The molecular formula is C29H23N3O2. The van der Waals surface area contributed by atoms with E-state index in [4.69, 9.17) is 0 Å². The smallest absolute Gasteiger partial charge is 0.254 e. The Bertz CT molecular complexity index is 1510. The van der Waals surface area contributed by atoms with Crippen molar-refractivity contribution in [3.63, 3.8) is 0 Å². The third-order valence-electron chi connectivity index (χ3n) is 7.80. The number of carbonyl (C=O) groups excluding carboxylic acids is 2. The number of benzene rings is 3. The fraction of sp³-hybridized carbons (Fsp3) is 0.207. The van der Waals surface area contributed by atoms with Gasteiger partial charge in [0.1, 0.15) is 0 Å². The van der Waals surface area contributed by atoms with Crippen molar-refractivity contribution in [2.75, 3.05) is 0 Å². The third kappa shape index (κ3) is 2.76. The van der Waals surface area contributed by atoms with Crippen molar-refractivity contribution in [1.29, 1.82) is 0 Å². The molecule has 166 valence electrons. The molecule has 2 fully saturated rings. The molecule has 2 amide bonds. The van der Waals surface area contributed by atoms with Crippen molar-refractivity contribution in [3.8, 4) is 0 Å². The number of amides is 2. The van der Waals surface area contributed by atoms with Gasteiger partial charge in [-0.15, -0.1) is 0 Å². The second-order valence-electron chi connectivity index (χ2n) is 9.60. The van der Waals surface area contributed by atoms with Gasteiger partial charge in [-0.05, 0) is 40.7 Å². The molecule has 1 saturated heterocycles. The lowest BCUT2D eigenvalue weighted by Gasteiger charge is -2.13. The van der Waals surface area contributed by atoms with Crippen molar-refractivity contribution in [1.82, 2.24) is 9.58 Å². The molecule has 5 nitrogen and oxygen atoms in total. The highest BCUT2D eigenvalue weighted by atomic mass is 16.2. The van der Waals surface area contributed by atoms with E-state index in [0.717, 1.165) is 34.4 Å². The molecule has 0 spiro atoms. The summed E-state index contributed by atoms with van der Waals surface area (Å²) in [5.41, 5.74) is 3.23. The molecule has 4 aromatic rings. The summed E-state index contributed by atoms with van der Waals surface area (Å²) in [6, 6.07) is 23.0. The van der Waals surface area contributed by atoms with E-state index in [1.165, 1.54) is 16.3 Å². The second kappa shape index (κ2) is 7.26. The SMILES string of the molecule is O=C1[C@@H]2[C@@H](C(=O)N1/N=C\c1cn(Cc3cccc4ccccc34)c3ccccc13)[C@H]1C=C[C@H]2C1. The molecule has 1 aliphatic heterocycles. The molecule has 1 aromatic heterocycles. The quantitative estimate of drug-likeness (QED) is 0.253. The summed E-state index contributed by atoms with van der Waals surface area (Å²) in [4.78, 5) is 26.0. The van der Waals surface area contributed by atoms with Crippen LogP contribution in [-0.2, 0) is 16.1 Å². The van der Waals surface area contributed by atoms with Crippen molar-refractivity contribution < 1.29 is 9.59 Å². The Hall–Kier alpha value is -3.99. The van der Waals surface area contributed by atoms with E-state index < -0.39 is 0 Å². The Labute approximate surface area is 197 Å². The summed E-state index contributed by atoms with van der Waals surface area (Å²) in [7, 11) is 0. The molecule has 3 aliphatic rings. The average Bonchev–Trinajstić information content (AvgIpc) is 3.62. The van der Waals surface area contributed by atoms with Crippen molar-refractivity contribution in [2.45, 2.75) is 13.0 Å². The van der Waals surface area contributed by atoms with Crippen LogP contribution in [0.5, 0.6) is 0 Å². The van der Waals surface area contributed by atoms with Crippen LogP contribution in [0.4, 0.5) is 0 Å². The Morgan fingerprint density at radius 1 is 0.824 bits per heavy atom. The topological polar surface area (TPSA) is 54.7 Å². The highest BCUT2D eigenvalue weighted by molar-refractivity contribution is 6.07. The Balaban J connectivity index is 1.24. The van der Waals surface area contributed by atoms with Gasteiger partial charge in [0.15, 0.2) is 0 Å². The van der Waals surface area contributed by atoms with E-state index in [1.807, 2.05) is 12.1 Å². The average molecular weight is 446 g/mol. The minimum Gasteiger partial charge on any atom is -0.342 e. The number of imide groups is 1. The number of fused-ring (bicyclic) bond motifs is 7. The molecule has 2 aliphatic carbocycles. The maximum Gasteiger partial charge on any atom is 0.254 e. The van der Waals surface area contributed by atoms with Gasteiger partial charge in [0.05, 0.1) is 18.1 Å². The standard InChI is InChI=1S/C29H23N3O2/c33-28-26-19-12-13-20(14-19)27(26)29(34)32(28)30-15-22-17-31(25-11-4-3-10-24(22)25)16-21-8-5-7-18-6-1-2-9-23(18)21/h1-13,15,17,19-20,26-27H,14,16H2/b30-15-/t19-,20-,26-,27-/m0/s1. The number of rotatable bonds is 4. The highest BCUT2D eigenvalue weighted by Gasteiger charge is 2.59. The van der Waals surface area contributed by atoms with Crippen LogP contribution in [0.1, 0.15) is 17.5 Å². The normalized spacial score (nSPS) is 25.5. The summed E-state index contributed by atoms with van der Waals surface area (Å²) >= 11 is 0. The lowest BCUT2D eigenvalue weighted by molar-refractivity contribution is -0.140. The molecule has 0 radical (unpaired) electrons. The maximum absolute atomic E-state index is 13.0. The van der Waals surface area contributed by atoms with E-state index in [-0.39, 0.29) is 35.5 Å². The number of aromatic nitrogens is 1. The van der Waals surface area contributed by atoms with Gasteiger partial charge in [-0.3, -0.25) is 9.59 Å². The van der Waals surface area contributed by atoms with Gasteiger partial charge in [-0.25, -0.2) is 0 Å². The van der Waals surface area contributed by atoms with Crippen LogP contribution in [0.3, 0.4) is 0 Å². The first kappa shape index (κ1) is 19.5. The molecule has 0 N–H and O–H groups in total. The Morgan fingerprint density at radius 2 is 1.50 bits per heavy atom. The van der Waals surface area contributed by atoms with Crippen LogP contribution >= 0.6 is 0 Å². The molecule has 5 heteroatoms. The van der Waals surface area contributed by atoms with Gasteiger partial charge in [0, 0.05) is 29.2 Å². The van der Waals surface area contributed by atoms with Crippen molar-refractivity contribution in [2.24, 2.45) is 28.8 Å². The van der Waals surface area contributed by atoms with Crippen LogP contribution in [0.15, 0.2) is 90.2 Å². The van der Waals surface area contributed by atoms with Gasteiger partial charge in [0.2, 0.25) is 0 Å². The van der Waals surface area contributed by atoms with Gasteiger partial charge in [-0.2, -0.15) is 10.1 Å². The number of hydrogen-bond donors (Lipinski definition) is 0. The second-order valence-corrected chi connectivity index (χ2v) is 9.60. The number of hydrogen-bond acceptors (Lipinski definition) is 3. The van der Waals surface area contributed by atoms with E-state index in [1.54, 1.807) is 6.21 Å².